The number of para-hydroxylation sites is 3. The summed E-state index contributed by atoms with van der Waals surface area (Å²) < 4.78 is 39.8. The second-order valence-electron chi connectivity index (χ2n) is 8.04. The van der Waals surface area contributed by atoms with Gasteiger partial charge in [0.15, 0.2) is 17.2 Å². The first-order chi connectivity index (χ1) is 16.5. The van der Waals surface area contributed by atoms with E-state index in [2.05, 4.69) is 4.90 Å². The van der Waals surface area contributed by atoms with Crippen LogP contribution in [0.5, 0.6) is 17.2 Å². The molecule has 2 aliphatic heterocycles. The highest BCUT2D eigenvalue weighted by atomic mass is 35.5. The zero-order valence-corrected chi connectivity index (χ0v) is 20.2. The number of hydrogen-bond acceptors (Lipinski definition) is 6. The Bertz CT molecular complexity index is 1340. The summed E-state index contributed by atoms with van der Waals surface area (Å²) >= 11 is 5.94. The molecular formula is C25H24ClN3O4S. The minimum atomic E-state index is -3.62. The molecule has 0 saturated carbocycles. The predicted octanol–water partition coefficient (Wildman–Crippen LogP) is 4.93. The van der Waals surface area contributed by atoms with Crippen molar-refractivity contribution in [2.24, 2.45) is 4.99 Å². The zero-order valence-electron chi connectivity index (χ0n) is 18.6. The molecule has 7 nitrogen and oxygen atoms in total. The summed E-state index contributed by atoms with van der Waals surface area (Å²) in [5.74, 6) is 2.60. The van der Waals surface area contributed by atoms with Crippen molar-refractivity contribution in [1.82, 2.24) is 9.21 Å². The predicted molar refractivity (Wildman–Crippen MR) is 132 cm³/mol. The Labute approximate surface area is 204 Å². The minimum Gasteiger partial charge on any atom is -0.493 e. The van der Waals surface area contributed by atoms with Gasteiger partial charge in [0.25, 0.3) is 0 Å². The molecule has 1 saturated heterocycles. The minimum absolute atomic E-state index is 0.245. The number of methoxy groups -OCH3 is 1. The lowest BCUT2D eigenvalue weighted by Gasteiger charge is -2.25. The molecule has 2 aliphatic rings. The molecule has 1 fully saturated rings. The van der Waals surface area contributed by atoms with Crippen molar-refractivity contribution in [3.8, 4) is 17.2 Å². The SMILES string of the molecule is COc1cccc2c1Oc1ccccc1N=C2N1CCCN(S(=O)(=O)c2ccc(Cl)cc2)CC1. The number of ether oxygens (including phenoxy) is 2. The highest BCUT2D eigenvalue weighted by Crippen LogP contribution is 2.42. The van der Waals surface area contributed by atoms with E-state index in [-0.39, 0.29) is 4.90 Å². The molecule has 34 heavy (non-hydrogen) atoms. The number of benzene rings is 3. The van der Waals surface area contributed by atoms with E-state index in [4.69, 9.17) is 26.1 Å². The third-order valence-electron chi connectivity index (χ3n) is 5.95. The standard InChI is InChI=1S/C25H24ClN3O4S/c1-32-23-9-4-6-20-24(23)33-22-8-3-2-7-21(22)27-25(20)28-14-5-15-29(17-16-28)34(30,31)19-12-10-18(26)11-13-19/h2-4,6-13H,5,14-17H2,1H3. The summed E-state index contributed by atoms with van der Waals surface area (Å²) in [6.45, 7) is 1.91. The van der Waals surface area contributed by atoms with E-state index in [0.29, 0.717) is 60.6 Å². The topological polar surface area (TPSA) is 71.4 Å². The Kier molecular flexibility index (Phi) is 6.20. The summed E-state index contributed by atoms with van der Waals surface area (Å²) in [5.41, 5.74) is 1.52. The second-order valence-corrected chi connectivity index (χ2v) is 10.4. The van der Waals surface area contributed by atoms with E-state index in [1.54, 1.807) is 31.4 Å². The van der Waals surface area contributed by atoms with E-state index in [1.807, 2.05) is 42.5 Å². The van der Waals surface area contributed by atoms with E-state index in [0.717, 1.165) is 11.4 Å². The van der Waals surface area contributed by atoms with Gasteiger partial charge in [-0.3, -0.25) is 0 Å². The highest BCUT2D eigenvalue weighted by molar-refractivity contribution is 7.89. The summed E-state index contributed by atoms with van der Waals surface area (Å²) in [7, 11) is -2.01. The van der Waals surface area contributed by atoms with Crippen LogP contribution >= 0.6 is 11.6 Å². The van der Waals surface area contributed by atoms with Gasteiger partial charge in [0.1, 0.15) is 11.5 Å². The number of sulfonamides is 1. The summed E-state index contributed by atoms with van der Waals surface area (Å²) in [4.78, 5) is 7.33. The van der Waals surface area contributed by atoms with Gasteiger partial charge in [0.05, 0.1) is 17.6 Å². The second kappa shape index (κ2) is 9.29. The molecular weight excluding hydrogens is 474 g/mol. The molecule has 0 spiro atoms. The molecule has 3 aromatic rings. The van der Waals surface area contributed by atoms with Crippen molar-refractivity contribution in [2.75, 3.05) is 33.3 Å². The van der Waals surface area contributed by atoms with Crippen LogP contribution in [0.4, 0.5) is 5.69 Å². The normalized spacial score (nSPS) is 16.4. The summed E-state index contributed by atoms with van der Waals surface area (Å²) in [6, 6.07) is 19.6. The van der Waals surface area contributed by atoms with Gasteiger partial charge in [0, 0.05) is 31.2 Å². The molecule has 0 radical (unpaired) electrons. The Balaban J connectivity index is 1.48. The van der Waals surface area contributed by atoms with Crippen molar-refractivity contribution in [2.45, 2.75) is 11.3 Å². The maximum Gasteiger partial charge on any atom is 0.243 e. The first-order valence-corrected chi connectivity index (χ1v) is 12.8. The zero-order chi connectivity index (χ0) is 23.7. The van der Waals surface area contributed by atoms with E-state index in [9.17, 15) is 8.42 Å². The average molecular weight is 498 g/mol. The van der Waals surface area contributed by atoms with Gasteiger partial charge in [-0.05, 0) is 55.0 Å². The van der Waals surface area contributed by atoms with Crippen LogP contribution in [0.2, 0.25) is 5.02 Å². The summed E-state index contributed by atoms with van der Waals surface area (Å²) in [6.07, 6.45) is 0.660. The van der Waals surface area contributed by atoms with Crippen molar-refractivity contribution < 1.29 is 17.9 Å². The molecule has 0 unspecified atom stereocenters. The molecule has 0 amide bonds. The van der Waals surface area contributed by atoms with Gasteiger partial charge in [-0.1, -0.05) is 29.8 Å². The smallest absolute Gasteiger partial charge is 0.243 e. The first-order valence-electron chi connectivity index (χ1n) is 11.0. The van der Waals surface area contributed by atoms with Crippen LogP contribution in [0.15, 0.2) is 76.6 Å². The lowest BCUT2D eigenvalue weighted by Crippen LogP contribution is -2.37. The number of hydrogen-bond donors (Lipinski definition) is 0. The fourth-order valence-corrected chi connectivity index (χ4v) is 5.82. The van der Waals surface area contributed by atoms with Gasteiger partial charge in [-0.15, -0.1) is 0 Å². The Hall–Kier alpha value is -3.07. The number of aliphatic imine (C=N–C) groups is 1. The van der Waals surface area contributed by atoms with Crippen LogP contribution in [-0.2, 0) is 10.0 Å². The maximum atomic E-state index is 13.2. The van der Waals surface area contributed by atoms with Crippen molar-refractivity contribution >= 4 is 33.1 Å². The number of nitrogens with zero attached hydrogens (tertiary/aromatic N) is 3. The maximum absolute atomic E-state index is 13.2. The molecule has 0 aromatic heterocycles. The third-order valence-corrected chi connectivity index (χ3v) is 8.11. The molecule has 0 aliphatic carbocycles. The summed E-state index contributed by atoms with van der Waals surface area (Å²) in [5, 5.41) is 0.504. The Morgan fingerprint density at radius 2 is 1.74 bits per heavy atom. The monoisotopic (exact) mass is 497 g/mol. The molecule has 5 rings (SSSR count). The van der Waals surface area contributed by atoms with Crippen LogP contribution in [-0.4, -0.2) is 56.7 Å². The lowest BCUT2D eigenvalue weighted by atomic mass is 10.1. The third kappa shape index (κ3) is 4.24. The molecule has 9 heteroatoms. The van der Waals surface area contributed by atoms with Crippen molar-refractivity contribution in [3.05, 3.63) is 77.3 Å². The molecule has 2 heterocycles. The van der Waals surface area contributed by atoms with Gasteiger partial charge < -0.3 is 14.4 Å². The molecule has 0 atom stereocenters. The van der Waals surface area contributed by atoms with Crippen LogP contribution < -0.4 is 9.47 Å². The van der Waals surface area contributed by atoms with Gasteiger partial charge in [-0.25, -0.2) is 13.4 Å². The fraction of sp³-hybridized carbons (Fsp3) is 0.240. The van der Waals surface area contributed by atoms with Gasteiger partial charge >= 0.3 is 0 Å². The van der Waals surface area contributed by atoms with Gasteiger partial charge in [-0.2, -0.15) is 4.31 Å². The fourth-order valence-electron chi connectivity index (χ4n) is 4.22. The number of amidine groups is 1. The molecule has 176 valence electrons. The number of halogens is 1. The van der Waals surface area contributed by atoms with Crippen LogP contribution in [0.25, 0.3) is 0 Å². The highest BCUT2D eigenvalue weighted by Gasteiger charge is 2.30. The van der Waals surface area contributed by atoms with E-state index >= 15 is 0 Å². The molecule has 0 bridgehead atoms. The van der Waals surface area contributed by atoms with Gasteiger partial charge in [0.2, 0.25) is 10.0 Å². The van der Waals surface area contributed by atoms with E-state index in [1.165, 1.54) is 4.31 Å². The number of fused-ring (bicyclic) bond motifs is 2. The quantitative estimate of drug-likeness (QED) is 0.513. The Morgan fingerprint density at radius 1 is 0.941 bits per heavy atom. The molecule has 3 aromatic carbocycles. The average Bonchev–Trinajstić information content (AvgIpc) is 3.19. The van der Waals surface area contributed by atoms with Crippen molar-refractivity contribution in [3.63, 3.8) is 0 Å². The van der Waals surface area contributed by atoms with Crippen LogP contribution in [0.1, 0.15) is 12.0 Å². The first kappa shape index (κ1) is 22.7. The Morgan fingerprint density at radius 3 is 2.53 bits per heavy atom. The number of rotatable bonds is 3. The van der Waals surface area contributed by atoms with Crippen molar-refractivity contribution in [1.29, 1.82) is 0 Å². The molecule has 0 N–H and O–H groups in total. The lowest BCUT2D eigenvalue weighted by molar-refractivity contribution is 0.378. The van der Waals surface area contributed by atoms with Crippen LogP contribution in [0, 0.1) is 0 Å². The van der Waals surface area contributed by atoms with E-state index < -0.39 is 10.0 Å². The largest absolute Gasteiger partial charge is 0.493 e. The van der Waals surface area contributed by atoms with Crippen LogP contribution in [0.3, 0.4) is 0 Å².